The van der Waals surface area contributed by atoms with Gasteiger partial charge in [-0.15, -0.1) is 0 Å². The molecule has 0 saturated carbocycles. The van der Waals surface area contributed by atoms with Crippen LogP contribution in [0.2, 0.25) is 0 Å². The number of urea groups is 1. The maximum atomic E-state index is 12.1. The number of carbonyl (C=O) groups excluding carboxylic acids is 1. The fraction of sp³-hybridized carbons (Fsp3) is 0.846. The molecule has 0 aromatic carbocycles. The van der Waals surface area contributed by atoms with Crippen LogP contribution in [-0.4, -0.2) is 40.1 Å². The van der Waals surface area contributed by atoms with E-state index in [0.717, 1.165) is 12.8 Å². The highest BCUT2D eigenvalue weighted by atomic mass is 16.4. The Labute approximate surface area is 109 Å². The molecule has 0 spiro atoms. The zero-order chi connectivity index (χ0) is 13.9. The van der Waals surface area contributed by atoms with Crippen LogP contribution in [0.4, 0.5) is 4.79 Å². The molecule has 2 N–H and O–H groups in total. The molecule has 0 aromatic rings. The number of carboxylic acids is 1. The smallest absolute Gasteiger partial charge is 0.329 e. The van der Waals surface area contributed by atoms with E-state index in [1.165, 1.54) is 0 Å². The Morgan fingerprint density at radius 2 is 2.06 bits per heavy atom. The molecular weight excluding hydrogens is 232 g/mol. The van der Waals surface area contributed by atoms with Crippen molar-refractivity contribution in [2.24, 2.45) is 5.92 Å². The van der Waals surface area contributed by atoms with Gasteiger partial charge in [-0.3, -0.25) is 0 Å². The lowest BCUT2D eigenvalue weighted by Crippen LogP contribution is -2.56. The third-order valence-electron chi connectivity index (χ3n) is 3.65. The minimum Gasteiger partial charge on any atom is -0.480 e. The third kappa shape index (κ3) is 3.15. The van der Waals surface area contributed by atoms with Crippen molar-refractivity contribution in [3.05, 3.63) is 0 Å². The molecule has 1 heterocycles. The highest BCUT2D eigenvalue weighted by Crippen LogP contribution is 2.23. The monoisotopic (exact) mass is 256 g/mol. The van der Waals surface area contributed by atoms with E-state index in [1.54, 1.807) is 11.8 Å². The second-order valence-corrected chi connectivity index (χ2v) is 5.66. The molecule has 1 aliphatic rings. The number of likely N-dealkylation sites (tertiary alicyclic amines) is 1. The first-order valence-electron chi connectivity index (χ1n) is 6.62. The number of hydrogen-bond acceptors (Lipinski definition) is 2. The molecule has 0 aromatic heterocycles. The predicted octanol–water partition coefficient (Wildman–Crippen LogP) is 2.07. The van der Waals surface area contributed by atoms with Crippen molar-refractivity contribution >= 4 is 12.0 Å². The van der Waals surface area contributed by atoms with Crippen LogP contribution in [0.25, 0.3) is 0 Å². The van der Waals surface area contributed by atoms with Gasteiger partial charge in [0.05, 0.1) is 0 Å². The maximum Gasteiger partial charge on any atom is 0.329 e. The van der Waals surface area contributed by atoms with Gasteiger partial charge in [-0.05, 0) is 32.6 Å². The van der Waals surface area contributed by atoms with E-state index in [9.17, 15) is 14.7 Å². The molecule has 5 nitrogen and oxygen atoms in total. The summed E-state index contributed by atoms with van der Waals surface area (Å²) < 4.78 is 0. The Morgan fingerprint density at radius 1 is 1.44 bits per heavy atom. The van der Waals surface area contributed by atoms with Crippen LogP contribution in [-0.2, 0) is 4.79 Å². The molecule has 1 saturated heterocycles. The summed E-state index contributed by atoms with van der Waals surface area (Å²) in [7, 11) is 0. The van der Waals surface area contributed by atoms with Gasteiger partial charge in [-0.25, -0.2) is 9.59 Å². The number of carboxylic acid groups (broad SMARTS) is 1. The minimum atomic E-state index is -1.17. The number of carbonyl (C=O) groups is 2. The molecule has 1 rings (SSSR count). The van der Waals surface area contributed by atoms with Crippen molar-refractivity contribution < 1.29 is 14.7 Å². The van der Waals surface area contributed by atoms with Crippen LogP contribution in [0.15, 0.2) is 0 Å². The SMILES string of the molecule is CCCC(C)(NC(=O)N1CC(C)CC1C)C(=O)O. The van der Waals surface area contributed by atoms with Crippen molar-refractivity contribution in [2.75, 3.05) is 6.54 Å². The van der Waals surface area contributed by atoms with Crippen molar-refractivity contribution in [3.8, 4) is 0 Å². The molecular formula is C13H24N2O3. The quantitative estimate of drug-likeness (QED) is 0.809. The Morgan fingerprint density at radius 3 is 2.44 bits per heavy atom. The van der Waals surface area contributed by atoms with Gasteiger partial charge in [0.15, 0.2) is 0 Å². The van der Waals surface area contributed by atoms with Crippen molar-refractivity contribution in [1.82, 2.24) is 10.2 Å². The standard InChI is InChI=1S/C13H24N2O3/c1-5-6-13(4,11(16)17)14-12(18)15-8-9(2)7-10(15)3/h9-10H,5-8H2,1-4H3,(H,14,18)(H,16,17). The van der Waals surface area contributed by atoms with Gasteiger partial charge in [-0.1, -0.05) is 20.3 Å². The zero-order valence-corrected chi connectivity index (χ0v) is 11.7. The minimum absolute atomic E-state index is 0.180. The number of amides is 2. The largest absolute Gasteiger partial charge is 0.480 e. The molecule has 104 valence electrons. The second kappa shape index (κ2) is 5.59. The van der Waals surface area contributed by atoms with Gasteiger partial charge >= 0.3 is 12.0 Å². The average Bonchev–Trinajstić information content (AvgIpc) is 2.57. The molecule has 5 heteroatoms. The lowest BCUT2D eigenvalue weighted by atomic mass is 9.96. The van der Waals surface area contributed by atoms with Crippen LogP contribution in [0, 0.1) is 5.92 Å². The average molecular weight is 256 g/mol. The van der Waals surface area contributed by atoms with Gasteiger partial charge < -0.3 is 15.3 Å². The van der Waals surface area contributed by atoms with E-state index >= 15 is 0 Å². The molecule has 1 aliphatic heterocycles. The Hall–Kier alpha value is -1.26. The number of nitrogens with one attached hydrogen (secondary N) is 1. The highest BCUT2D eigenvalue weighted by molar-refractivity contribution is 5.86. The summed E-state index contributed by atoms with van der Waals surface area (Å²) in [6, 6.07) is -0.0788. The zero-order valence-electron chi connectivity index (χ0n) is 11.7. The van der Waals surface area contributed by atoms with Crippen molar-refractivity contribution in [2.45, 2.75) is 58.5 Å². The van der Waals surface area contributed by atoms with E-state index in [0.29, 0.717) is 18.9 Å². The Balaban J connectivity index is 2.70. The number of hydrogen-bond donors (Lipinski definition) is 2. The molecule has 0 bridgehead atoms. The summed E-state index contributed by atoms with van der Waals surface area (Å²) in [4.78, 5) is 25.2. The molecule has 3 unspecified atom stereocenters. The normalized spacial score (nSPS) is 26.8. The molecule has 0 radical (unpaired) electrons. The topological polar surface area (TPSA) is 69.6 Å². The van der Waals surface area contributed by atoms with E-state index in [4.69, 9.17) is 0 Å². The lowest BCUT2D eigenvalue weighted by Gasteiger charge is -2.30. The summed E-state index contributed by atoms with van der Waals surface area (Å²) in [5.41, 5.74) is -1.17. The van der Waals surface area contributed by atoms with Gasteiger partial charge in [0.1, 0.15) is 5.54 Å². The molecule has 3 atom stereocenters. The van der Waals surface area contributed by atoms with Crippen LogP contribution in [0.3, 0.4) is 0 Å². The Kier molecular flexibility index (Phi) is 4.59. The van der Waals surface area contributed by atoms with E-state index in [1.807, 2.05) is 13.8 Å². The highest BCUT2D eigenvalue weighted by Gasteiger charge is 2.38. The lowest BCUT2D eigenvalue weighted by molar-refractivity contribution is -0.144. The Bertz CT molecular complexity index is 332. The van der Waals surface area contributed by atoms with Gasteiger partial charge in [0, 0.05) is 12.6 Å². The summed E-state index contributed by atoms with van der Waals surface area (Å²) in [5, 5.41) is 11.9. The summed E-state index contributed by atoms with van der Waals surface area (Å²) >= 11 is 0. The van der Waals surface area contributed by atoms with Gasteiger partial charge in [0.2, 0.25) is 0 Å². The van der Waals surface area contributed by atoms with Gasteiger partial charge in [-0.2, -0.15) is 0 Å². The summed E-state index contributed by atoms with van der Waals surface area (Å²) in [5.74, 6) is -0.495. The van der Waals surface area contributed by atoms with Gasteiger partial charge in [0.25, 0.3) is 0 Å². The summed E-state index contributed by atoms with van der Waals surface area (Å²) in [6.45, 7) is 8.29. The molecule has 18 heavy (non-hydrogen) atoms. The van der Waals surface area contributed by atoms with Crippen LogP contribution >= 0.6 is 0 Å². The van der Waals surface area contributed by atoms with Crippen LogP contribution < -0.4 is 5.32 Å². The maximum absolute atomic E-state index is 12.1. The first-order valence-corrected chi connectivity index (χ1v) is 6.62. The van der Waals surface area contributed by atoms with Crippen LogP contribution in [0.1, 0.15) is 47.0 Å². The van der Waals surface area contributed by atoms with E-state index < -0.39 is 11.5 Å². The third-order valence-corrected chi connectivity index (χ3v) is 3.65. The predicted molar refractivity (Wildman–Crippen MR) is 69.4 cm³/mol. The van der Waals surface area contributed by atoms with Crippen LogP contribution in [0.5, 0.6) is 0 Å². The fourth-order valence-electron chi connectivity index (χ4n) is 2.61. The fourth-order valence-corrected chi connectivity index (χ4v) is 2.61. The van der Waals surface area contributed by atoms with E-state index in [-0.39, 0.29) is 12.1 Å². The number of nitrogens with zero attached hydrogens (tertiary/aromatic N) is 1. The van der Waals surface area contributed by atoms with Crippen molar-refractivity contribution in [3.63, 3.8) is 0 Å². The summed E-state index contributed by atoms with van der Waals surface area (Å²) in [6.07, 6.45) is 2.13. The van der Waals surface area contributed by atoms with E-state index in [2.05, 4.69) is 12.2 Å². The first-order chi connectivity index (χ1) is 8.30. The van der Waals surface area contributed by atoms with Crippen molar-refractivity contribution in [1.29, 1.82) is 0 Å². The number of rotatable bonds is 4. The molecule has 0 aliphatic carbocycles. The molecule has 1 fully saturated rings. The molecule has 2 amide bonds. The second-order valence-electron chi connectivity index (χ2n) is 5.66. The first kappa shape index (κ1) is 14.8. The number of aliphatic carboxylic acids is 1.